The van der Waals surface area contributed by atoms with Crippen LogP contribution in [0.5, 0.6) is 5.75 Å². The van der Waals surface area contributed by atoms with Crippen molar-refractivity contribution >= 4 is 46.4 Å². The zero-order valence-electron chi connectivity index (χ0n) is 12.1. The van der Waals surface area contributed by atoms with Gasteiger partial charge in [0.1, 0.15) is 11.5 Å². The van der Waals surface area contributed by atoms with Gasteiger partial charge >= 0.3 is 0 Å². The van der Waals surface area contributed by atoms with E-state index in [-0.39, 0.29) is 0 Å². The SMILES string of the molecule is COc1ccc(NC(=S)NCCSCc2ccco2)cc1Cl. The highest BCUT2D eigenvalue weighted by Crippen LogP contribution is 2.27. The maximum atomic E-state index is 6.07. The molecule has 7 heteroatoms. The third-order valence-corrected chi connectivity index (χ3v) is 4.29. The molecule has 1 heterocycles. The Balaban J connectivity index is 1.66. The Hall–Kier alpha value is -1.37. The average molecular weight is 357 g/mol. The molecule has 0 bridgehead atoms. The van der Waals surface area contributed by atoms with Gasteiger partial charge in [0.25, 0.3) is 0 Å². The van der Waals surface area contributed by atoms with Crippen LogP contribution in [0.15, 0.2) is 41.0 Å². The smallest absolute Gasteiger partial charge is 0.170 e. The van der Waals surface area contributed by atoms with Crippen molar-refractivity contribution < 1.29 is 9.15 Å². The van der Waals surface area contributed by atoms with Crippen LogP contribution in [0.3, 0.4) is 0 Å². The lowest BCUT2D eigenvalue weighted by Crippen LogP contribution is -2.30. The largest absolute Gasteiger partial charge is 0.495 e. The molecular formula is C15H17ClN2O2S2. The molecule has 0 saturated carbocycles. The van der Waals surface area contributed by atoms with Gasteiger partial charge in [0, 0.05) is 18.0 Å². The van der Waals surface area contributed by atoms with Gasteiger partial charge in [-0.1, -0.05) is 11.6 Å². The summed E-state index contributed by atoms with van der Waals surface area (Å²) in [5, 5.41) is 7.36. The number of thiocarbonyl (C=S) groups is 1. The molecule has 1 aromatic heterocycles. The fraction of sp³-hybridized carbons (Fsp3) is 0.267. The molecule has 0 atom stereocenters. The molecule has 0 aliphatic heterocycles. The van der Waals surface area contributed by atoms with Crippen molar-refractivity contribution in [2.75, 3.05) is 24.7 Å². The quantitative estimate of drug-likeness (QED) is 0.573. The van der Waals surface area contributed by atoms with Crippen molar-refractivity contribution in [1.29, 1.82) is 0 Å². The first-order valence-corrected chi connectivity index (χ1v) is 8.61. The number of ether oxygens (including phenoxy) is 1. The average Bonchev–Trinajstić information content (AvgIpc) is 3.00. The minimum Gasteiger partial charge on any atom is -0.495 e. The van der Waals surface area contributed by atoms with Gasteiger partial charge in [-0.2, -0.15) is 11.8 Å². The van der Waals surface area contributed by atoms with Gasteiger partial charge in [0.05, 0.1) is 24.1 Å². The first-order valence-electron chi connectivity index (χ1n) is 6.67. The second-order valence-corrected chi connectivity index (χ2v) is 6.28. The lowest BCUT2D eigenvalue weighted by atomic mass is 10.3. The Morgan fingerprint density at radius 3 is 2.95 bits per heavy atom. The van der Waals surface area contributed by atoms with Crippen LogP contribution in [-0.2, 0) is 5.75 Å². The number of anilines is 1. The highest BCUT2D eigenvalue weighted by atomic mass is 35.5. The van der Waals surface area contributed by atoms with Gasteiger partial charge in [-0.3, -0.25) is 0 Å². The van der Waals surface area contributed by atoms with Crippen molar-refractivity contribution in [1.82, 2.24) is 5.32 Å². The Morgan fingerprint density at radius 1 is 1.41 bits per heavy atom. The molecule has 2 N–H and O–H groups in total. The van der Waals surface area contributed by atoms with Gasteiger partial charge in [0.15, 0.2) is 5.11 Å². The van der Waals surface area contributed by atoms with Crippen LogP contribution in [0.25, 0.3) is 0 Å². The van der Waals surface area contributed by atoms with Gasteiger partial charge < -0.3 is 19.8 Å². The van der Waals surface area contributed by atoms with E-state index in [2.05, 4.69) is 10.6 Å². The molecule has 0 aliphatic carbocycles. The lowest BCUT2D eigenvalue weighted by molar-refractivity contribution is 0.415. The molecule has 0 saturated heterocycles. The predicted octanol–water partition coefficient (Wildman–Crippen LogP) is 4.16. The van der Waals surface area contributed by atoms with Crippen molar-refractivity contribution in [3.05, 3.63) is 47.4 Å². The Morgan fingerprint density at radius 2 is 2.27 bits per heavy atom. The molecule has 0 spiro atoms. The molecule has 0 unspecified atom stereocenters. The number of rotatable bonds is 7. The van der Waals surface area contributed by atoms with Gasteiger partial charge in [-0.15, -0.1) is 0 Å². The maximum Gasteiger partial charge on any atom is 0.170 e. The highest BCUT2D eigenvalue weighted by molar-refractivity contribution is 7.98. The van der Waals surface area contributed by atoms with E-state index in [1.165, 1.54) is 0 Å². The van der Waals surface area contributed by atoms with Crippen molar-refractivity contribution in [3.8, 4) is 5.75 Å². The Bertz CT molecular complexity index is 606. The lowest BCUT2D eigenvalue weighted by Gasteiger charge is -2.11. The van der Waals surface area contributed by atoms with Gasteiger partial charge in [-0.25, -0.2) is 0 Å². The molecule has 4 nitrogen and oxygen atoms in total. The van der Waals surface area contributed by atoms with Crippen molar-refractivity contribution in [3.63, 3.8) is 0 Å². The van der Waals surface area contributed by atoms with E-state index in [4.69, 9.17) is 33.0 Å². The van der Waals surface area contributed by atoms with Crippen molar-refractivity contribution in [2.45, 2.75) is 5.75 Å². The van der Waals surface area contributed by atoms with Crippen LogP contribution < -0.4 is 15.4 Å². The van der Waals surface area contributed by atoms with Crippen LogP contribution >= 0.6 is 35.6 Å². The number of furan rings is 1. The van der Waals surface area contributed by atoms with E-state index in [1.807, 2.05) is 18.2 Å². The minimum atomic E-state index is 0.546. The number of hydrogen-bond donors (Lipinski definition) is 2. The van der Waals surface area contributed by atoms with Gasteiger partial charge in [0.2, 0.25) is 0 Å². The summed E-state index contributed by atoms with van der Waals surface area (Å²) in [6.45, 7) is 0.779. The molecule has 0 aliphatic rings. The van der Waals surface area contributed by atoms with E-state index >= 15 is 0 Å². The van der Waals surface area contributed by atoms with E-state index in [1.54, 1.807) is 37.3 Å². The molecule has 118 valence electrons. The van der Waals surface area contributed by atoms with E-state index in [9.17, 15) is 0 Å². The van der Waals surface area contributed by atoms with Crippen LogP contribution in [-0.4, -0.2) is 24.5 Å². The van der Waals surface area contributed by atoms with E-state index in [0.29, 0.717) is 15.9 Å². The molecule has 0 fully saturated rings. The third kappa shape index (κ3) is 5.44. The molecule has 2 aromatic rings. The number of hydrogen-bond acceptors (Lipinski definition) is 4. The third-order valence-electron chi connectivity index (χ3n) is 2.77. The number of thioether (sulfide) groups is 1. The van der Waals surface area contributed by atoms with Crippen LogP contribution in [0.2, 0.25) is 5.02 Å². The number of methoxy groups -OCH3 is 1. The molecule has 0 radical (unpaired) electrons. The highest BCUT2D eigenvalue weighted by Gasteiger charge is 2.03. The summed E-state index contributed by atoms with van der Waals surface area (Å²) in [6, 6.07) is 9.31. The minimum absolute atomic E-state index is 0.546. The fourth-order valence-electron chi connectivity index (χ4n) is 1.72. The maximum absolute atomic E-state index is 6.07. The van der Waals surface area contributed by atoms with E-state index < -0.39 is 0 Å². The number of nitrogens with one attached hydrogen (secondary N) is 2. The van der Waals surface area contributed by atoms with Gasteiger partial charge in [-0.05, 0) is 42.5 Å². The summed E-state index contributed by atoms with van der Waals surface area (Å²) in [5.41, 5.74) is 0.825. The summed E-state index contributed by atoms with van der Waals surface area (Å²) in [4.78, 5) is 0. The van der Waals surface area contributed by atoms with Crippen LogP contribution in [0, 0.1) is 0 Å². The second-order valence-electron chi connectivity index (χ2n) is 4.36. The second kappa shape index (κ2) is 8.92. The molecule has 0 amide bonds. The van der Waals surface area contributed by atoms with E-state index in [0.717, 1.165) is 29.5 Å². The summed E-state index contributed by atoms with van der Waals surface area (Å²) in [6.07, 6.45) is 1.69. The summed E-state index contributed by atoms with van der Waals surface area (Å²) >= 11 is 13.1. The predicted molar refractivity (Wildman–Crippen MR) is 97.1 cm³/mol. The number of benzene rings is 1. The zero-order chi connectivity index (χ0) is 15.8. The molecule has 2 rings (SSSR count). The van der Waals surface area contributed by atoms with Crippen LogP contribution in [0.1, 0.15) is 5.76 Å². The molecule has 1 aromatic carbocycles. The monoisotopic (exact) mass is 356 g/mol. The molecule has 22 heavy (non-hydrogen) atoms. The standard InChI is InChI=1S/C15H17ClN2O2S2/c1-19-14-5-4-11(9-13(14)16)18-15(21)17-6-8-22-10-12-3-2-7-20-12/h2-5,7,9H,6,8,10H2,1H3,(H2,17,18,21). The topological polar surface area (TPSA) is 46.4 Å². The normalized spacial score (nSPS) is 10.3. The molecular weight excluding hydrogens is 340 g/mol. The van der Waals surface area contributed by atoms with Crippen molar-refractivity contribution in [2.24, 2.45) is 0 Å². The summed E-state index contributed by atoms with van der Waals surface area (Å²) < 4.78 is 10.4. The fourth-order valence-corrected chi connectivity index (χ4v) is 2.96. The number of halogens is 1. The van der Waals surface area contributed by atoms with Crippen LogP contribution in [0.4, 0.5) is 5.69 Å². The first-order chi connectivity index (χ1) is 10.7. The Labute approximate surface area is 144 Å². The Kier molecular flexibility index (Phi) is 6.89. The first kappa shape index (κ1) is 17.0. The summed E-state index contributed by atoms with van der Waals surface area (Å²) in [7, 11) is 1.58. The summed E-state index contributed by atoms with van der Waals surface area (Å²) in [5.74, 6) is 3.42. The zero-order valence-corrected chi connectivity index (χ0v) is 14.5.